The second kappa shape index (κ2) is 7.87. The molecule has 1 fully saturated rings. The first-order valence-corrected chi connectivity index (χ1v) is 9.16. The summed E-state index contributed by atoms with van der Waals surface area (Å²) in [5, 5.41) is 0. The molecular formula is C21H27N3O2. The Morgan fingerprint density at radius 3 is 2.62 bits per heavy atom. The van der Waals surface area contributed by atoms with Crippen LogP contribution in [0.3, 0.4) is 0 Å². The molecule has 3 rings (SSSR count). The van der Waals surface area contributed by atoms with Gasteiger partial charge in [0.15, 0.2) is 5.78 Å². The fourth-order valence-electron chi connectivity index (χ4n) is 3.65. The molecule has 1 unspecified atom stereocenters. The second-order valence-corrected chi connectivity index (χ2v) is 7.21. The van der Waals surface area contributed by atoms with E-state index in [-0.39, 0.29) is 17.7 Å². The minimum Gasteiger partial charge on any atom is -0.346 e. The largest absolute Gasteiger partial charge is 0.346 e. The molecule has 0 spiro atoms. The number of nitrogens with zero attached hydrogens (tertiary/aromatic N) is 3. The molecule has 0 saturated carbocycles. The van der Waals surface area contributed by atoms with E-state index in [1.807, 2.05) is 25.1 Å². The molecule has 1 atom stereocenters. The topological polar surface area (TPSA) is 45.6 Å². The summed E-state index contributed by atoms with van der Waals surface area (Å²) in [6.07, 6.45) is 3.82. The molecule has 0 N–H and O–H groups in total. The molecule has 1 saturated heterocycles. The average Bonchev–Trinajstić information content (AvgIpc) is 3.03. The molecule has 2 heterocycles. The summed E-state index contributed by atoms with van der Waals surface area (Å²) < 4.78 is 1.75. The molecule has 138 valence electrons. The first kappa shape index (κ1) is 18.4. The molecule has 0 aliphatic carbocycles. The highest BCUT2D eigenvalue weighted by molar-refractivity contribution is 5.99. The van der Waals surface area contributed by atoms with E-state index in [2.05, 4.69) is 29.2 Å². The van der Waals surface area contributed by atoms with Crippen molar-refractivity contribution >= 4 is 11.7 Å². The fraction of sp³-hybridized carbons (Fsp3) is 0.429. The normalized spacial score (nSPS) is 17.9. The number of hydrogen-bond donors (Lipinski definition) is 0. The molecule has 1 aliphatic rings. The van der Waals surface area contributed by atoms with Crippen LogP contribution >= 0.6 is 0 Å². The van der Waals surface area contributed by atoms with Crippen molar-refractivity contribution in [2.45, 2.75) is 32.4 Å². The number of likely N-dealkylation sites (tertiary alicyclic amines) is 1. The van der Waals surface area contributed by atoms with E-state index in [1.165, 1.54) is 12.5 Å². The molecule has 5 heteroatoms. The number of likely N-dealkylation sites (N-methyl/N-ethyl adjacent to an activating group) is 1. The first-order chi connectivity index (χ1) is 12.5. The molecule has 0 bridgehead atoms. The number of rotatable bonds is 5. The number of piperidine rings is 1. The lowest BCUT2D eigenvalue weighted by molar-refractivity contribution is 0.0600. The molecule has 1 aliphatic heterocycles. The van der Waals surface area contributed by atoms with Crippen LogP contribution in [0.25, 0.3) is 0 Å². The zero-order valence-corrected chi connectivity index (χ0v) is 15.8. The summed E-state index contributed by atoms with van der Waals surface area (Å²) >= 11 is 0. The predicted octanol–water partition coefficient (Wildman–Crippen LogP) is 2.96. The number of benzene rings is 1. The average molecular weight is 353 g/mol. The van der Waals surface area contributed by atoms with Crippen molar-refractivity contribution in [1.29, 1.82) is 0 Å². The van der Waals surface area contributed by atoms with Gasteiger partial charge in [0.1, 0.15) is 5.69 Å². The monoisotopic (exact) mass is 353 g/mol. The summed E-state index contributed by atoms with van der Waals surface area (Å²) in [6, 6.07) is 12.3. The molecular weight excluding hydrogens is 326 g/mol. The Balaban J connectivity index is 1.67. The van der Waals surface area contributed by atoms with Crippen LogP contribution in [0.5, 0.6) is 0 Å². The summed E-state index contributed by atoms with van der Waals surface area (Å²) in [6.45, 7) is 4.38. The maximum absolute atomic E-state index is 12.9. The molecule has 1 amide bonds. The second-order valence-electron chi connectivity index (χ2n) is 7.21. The van der Waals surface area contributed by atoms with Gasteiger partial charge in [0.05, 0.1) is 0 Å². The van der Waals surface area contributed by atoms with Crippen LogP contribution in [0.15, 0.2) is 42.6 Å². The fourth-order valence-corrected chi connectivity index (χ4v) is 3.65. The maximum Gasteiger partial charge on any atom is 0.270 e. The van der Waals surface area contributed by atoms with Gasteiger partial charge in [0.2, 0.25) is 0 Å². The number of hydrogen-bond acceptors (Lipinski definition) is 3. The summed E-state index contributed by atoms with van der Waals surface area (Å²) in [7, 11) is 3.69. The van der Waals surface area contributed by atoms with Crippen molar-refractivity contribution in [2.24, 2.45) is 7.05 Å². The SMILES string of the molecule is CC(=O)c1cc(C(=O)N(C)C2CCCN(Cc3ccccc3)C2)n(C)c1. The highest BCUT2D eigenvalue weighted by Crippen LogP contribution is 2.20. The number of carbonyl (C=O) groups excluding carboxylic acids is 2. The van der Waals surface area contributed by atoms with Crippen molar-refractivity contribution in [1.82, 2.24) is 14.4 Å². The van der Waals surface area contributed by atoms with E-state index in [1.54, 1.807) is 16.8 Å². The Morgan fingerprint density at radius 2 is 1.96 bits per heavy atom. The van der Waals surface area contributed by atoms with Gasteiger partial charge in [0, 0.05) is 45.0 Å². The lowest BCUT2D eigenvalue weighted by atomic mass is 10.0. The van der Waals surface area contributed by atoms with E-state index in [9.17, 15) is 9.59 Å². The number of carbonyl (C=O) groups is 2. The maximum atomic E-state index is 12.9. The highest BCUT2D eigenvalue weighted by atomic mass is 16.2. The minimum atomic E-state index is -0.0217. The van der Waals surface area contributed by atoms with Gasteiger partial charge in [-0.05, 0) is 37.9 Å². The van der Waals surface area contributed by atoms with E-state index >= 15 is 0 Å². The van der Waals surface area contributed by atoms with Crippen LogP contribution in [0.2, 0.25) is 0 Å². The van der Waals surface area contributed by atoms with Crippen LogP contribution in [0, 0.1) is 0 Å². The zero-order chi connectivity index (χ0) is 18.7. The van der Waals surface area contributed by atoms with Gasteiger partial charge >= 0.3 is 0 Å². The molecule has 26 heavy (non-hydrogen) atoms. The van der Waals surface area contributed by atoms with Crippen molar-refractivity contribution < 1.29 is 9.59 Å². The van der Waals surface area contributed by atoms with Gasteiger partial charge in [-0.25, -0.2) is 0 Å². The Kier molecular flexibility index (Phi) is 5.57. The standard InChI is InChI=1S/C21H27N3O2/c1-16(25)18-12-20(22(2)14-18)21(26)23(3)19-10-7-11-24(15-19)13-17-8-5-4-6-9-17/h4-6,8-9,12,14,19H,7,10-11,13,15H2,1-3H3. The summed E-state index contributed by atoms with van der Waals surface area (Å²) in [4.78, 5) is 28.8. The Hall–Kier alpha value is -2.40. The first-order valence-electron chi connectivity index (χ1n) is 9.16. The van der Waals surface area contributed by atoms with Crippen LogP contribution in [-0.4, -0.2) is 52.2 Å². The van der Waals surface area contributed by atoms with Crippen LogP contribution < -0.4 is 0 Å². The Labute approximate surface area is 155 Å². The minimum absolute atomic E-state index is 0.0194. The van der Waals surface area contributed by atoms with E-state index in [0.29, 0.717) is 11.3 Å². The number of Topliss-reactive ketones (excluding diaryl/α,β-unsaturated/α-hetero) is 1. The molecule has 1 aromatic carbocycles. The molecule has 2 aromatic rings. The van der Waals surface area contributed by atoms with Gasteiger partial charge in [-0.3, -0.25) is 14.5 Å². The third-order valence-corrected chi connectivity index (χ3v) is 5.23. The lowest BCUT2D eigenvalue weighted by Crippen LogP contribution is -2.48. The third-order valence-electron chi connectivity index (χ3n) is 5.23. The van der Waals surface area contributed by atoms with Crippen LogP contribution in [-0.2, 0) is 13.6 Å². The molecule has 5 nitrogen and oxygen atoms in total. The van der Waals surface area contributed by atoms with Gasteiger partial charge in [-0.1, -0.05) is 30.3 Å². The smallest absolute Gasteiger partial charge is 0.270 e. The number of amides is 1. The number of aromatic nitrogens is 1. The number of aryl methyl sites for hydroxylation is 1. The third kappa shape index (κ3) is 4.05. The van der Waals surface area contributed by atoms with E-state index in [4.69, 9.17) is 0 Å². The summed E-state index contributed by atoms with van der Waals surface area (Å²) in [5.74, 6) is -0.0411. The Bertz CT molecular complexity index is 782. The summed E-state index contributed by atoms with van der Waals surface area (Å²) in [5.41, 5.74) is 2.45. The van der Waals surface area contributed by atoms with Crippen molar-refractivity contribution in [3.8, 4) is 0 Å². The number of ketones is 1. The van der Waals surface area contributed by atoms with Crippen molar-refractivity contribution in [2.75, 3.05) is 20.1 Å². The van der Waals surface area contributed by atoms with Crippen molar-refractivity contribution in [3.05, 3.63) is 59.4 Å². The van der Waals surface area contributed by atoms with Crippen LogP contribution in [0.4, 0.5) is 0 Å². The van der Waals surface area contributed by atoms with E-state index in [0.717, 1.165) is 32.5 Å². The van der Waals surface area contributed by atoms with Gasteiger partial charge < -0.3 is 9.47 Å². The zero-order valence-electron chi connectivity index (χ0n) is 15.8. The quantitative estimate of drug-likeness (QED) is 0.777. The van der Waals surface area contributed by atoms with Gasteiger partial charge in [-0.15, -0.1) is 0 Å². The Morgan fingerprint density at radius 1 is 1.23 bits per heavy atom. The lowest BCUT2D eigenvalue weighted by Gasteiger charge is -2.37. The molecule has 0 radical (unpaired) electrons. The van der Waals surface area contributed by atoms with Gasteiger partial charge in [-0.2, -0.15) is 0 Å². The molecule has 1 aromatic heterocycles. The van der Waals surface area contributed by atoms with Crippen molar-refractivity contribution in [3.63, 3.8) is 0 Å². The van der Waals surface area contributed by atoms with Crippen LogP contribution in [0.1, 0.15) is 46.2 Å². The van der Waals surface area contributed by atoms with Gasteiger partial charge in [0.25, 0.3) is 5.91 Å². The highest BCUT2D eigenvalue weighted by Gasteiger charge is 2.28. The van der Waals surface area contributed by atoms with E-state index < -0.39 is 0 Å². The predicted molar refractivity (Wildman–Crippen MR) is 102 cm³/mol.